The summed E-state index contributed by atoms with van der Waals surface area (Å²) in [6.07, 6.45) is 0.0707. The Bertz CT molecular complexity index is 1690. The van der Waals surface area contributed by atoms with Gasteiger partial charge in [0.05, 0.1) is 13.2 Å². The molecule has 1 heterocycles. The van der Waals surface area contributed by atoms with Gasteiger partial charge in [0, 0.05) is 40.8 Å². The number of hydrogen-bond acceptors (Lipinski definition) is 3. The van der Waals surface area contributed by atoms with Crippen molar-refractivity contribution in [1.29, 1.82) is 0 Å². The fraction of sp³-hybridized carbons (Fsp3) is 0.278. The number of rotatable bonds is 11. The minimum absolute atomic E-state index is 0.0497. The predicted molar refractivity (Wildman–Crippen MR) is 160 cm³/mol. The van der Waals surface area contributed by atoms with E-state index in [2.05, 4.69) is 11.7 Å². The topological polar surface area (TPSA) is 27.7 Å². The minimum atomic E-state index is -4.29. The third-order valence-corrected chi connectivity index (χ3v) is 7.71. The molecule has 0 aromatic heterocycles. The molecular formula is C36H30F8O3. The van der Waals surface area contributed by atoms with E-state index in [1.54, 1.807) is 18.2 Å². The molecule has 4 aromatic rings. The molecule has 11 heteroatoms. The van der Waals surface area contributed by atoms with Crippen molar-refractivity contribution in [2.45, 2.75) is 45.0 Å². The zero-order chi connectivity index (χ0) is 33.7. The standard InChI is InChI=1S/C36H30F8O3/c1-2-3-4-5-21-19-45-35(46-20-21)23-8-6-22(7-9-23)24-10-11-27(29(37)14-24)25-15-30(38)28(31(39)16-25)12-13-36(43,44)47-26-17-32(40)34(42)33(41)18-26/h6-18,21,35H,2-5,19-20H2,1H3/b13-12+. The van der Waals surface area contributed by atoms with Gasteiger partial charge in [0.2, 0.25) is 0 Å². The number of ether oxygens (including phenoxy) is 3. The SMILES string of the molecule is CCCCCC1COC(c2ccc(-c3ccc(-c4cc(F)c(/C=C/C(F)(F)Oc5cc(F)c(F)c(F)c5)c(F)c4)c(F)c3)cc2)OC1. The van der Waals surface area contributed by atoms with Gasteiger partial charge < -0.3 is 14.2 Å². The highest BCUT2D eigenvalue weighted by Crippen LogP contribution is 2.33. The van der Waals surface area contributed by atoms with Crippen molar-refractivity contribution in [3.8, 4) is 28.0 Å². The second-order valence-corrected chi connectivity index (χ2v) is 11.2. The van der Waals surface area contributed by atoms with Gasteiger partial charge in [-0.25, -0.2) is 26.3 Å². The monoisotopic (exact) mass is 662 g/mol. The molecule has 0 N–H and O–H groups in total. The molecule has 0 spiro atoms. The molecule has 0 radical (unpaired) electrons. The van der Waals surface area contributed by atoms with Crippen molar-refractivity contribution < 1.29 is 49.3 Å². The van der Waals surface area contributed by atoms with Crippen LogP contribution in [0.2, 0.25) is 0 Å². The molecule has 1 aliphatic rings. The third kappa shape index (κ3) is 8.39. The van der Waals surface area contributed by atoms with E-state index in [1.807, 2.05) is 12.1 Å². The summed E-state index contributed by atoms with van der Waals surface area (Å²) in [5.41, 5.74) is 0.785. The smallest absolute Gasteiger partial charge is 0.419 e. The minimum Gasteiger partial charge on any atom is -0.429 e. The second kappa shape index (κ2) is 14.7. The van der Waals surface area contributed by atoms with Crippen LogP contribution in [0, 0.1) is 40.8 Å². The molecule has 0 saturated carbocycles. The predicted octanol–water partition coefficient (Wildman–Crippen LogP) is 10.8. The maximum Gasteiger partial charge on any atom is 0.419 e. The summed E-state index contributed by atoms with van der Waals surface area (Å²) in [6.45, 7) is 3.39. The van der Waals surface area contributed by atoms with E-state index in [9.17, 15) is 30.7 Å². The number of alkyl halides is 2. The van der Waals surface area contributed by atoms with E-state index in [-0.39, 0.29) is 29.3 Å². The Morgan fingerprint density at radius 2 is 1.32 bits per heavy atom. The maximum atomic E-state index is 15.2. The van der Waals surface area contributed by atoms with Gasteiger partial charge in [-0.1, -0.05) is 62.6 Å². The lowest BCUT2D eigenvalue weighted by Crippen LogP contribution is -2.27. The Morgan fingerprint density at radius 1 is 0.723 bits per heavy atom. The van der Waals surface area contributed by atoms with Crippen LogP contribution in [0.5, 0.6) is 5.75 Å². The van der Waals surface area contributed by atoms with Crippen LogP contribution < -0.4 is 4.74 Å². The Labute approximate surface area is 266 Å². The van der Waals surface area contributed by atoms with Crippen molar-refractivity contribution in [3.63, 3.8) is 0 Å². The lowest BCUT2D eigenvalue weighted by molar-refractivity contribution is -0.206. The third-order valence-electron chi connectivity index (χ3n) is 7.71. The number of halogens is 8. The fourth-order valence-electron chi connectivity index (χ4n) is 5.21. The first-order valence-corrected chi connectivity index (χ1v) is 15.0. The first-order chi connectivity index (χ1) is 22.4. The summed E-state index contributed by atoms with van der Waals surface area (Å²) in [5, 5.41) is 0. The molecular weight excluding hydrogens is 632 g/mol. The summed E-state index contributed by atoms with van der Waals surface area (Å²) in [6, 6.07) is 13.3. The molecule has 4 aromatic carbocycles. The summed E-state index contributed by atoms with van der Waals surface area (Å²) in [7, 11) is 0. The van der Waals surface area contributed by atoms with Gasteiger partial charge in [-0.05, 0) is 47.4 Å². The van der Waals surface area contributed by atoms with E-state index in [1.165, 1.54) is 18.6 Å². The highest BCUT2D eigenvalue weighted by atomic mass is 19.3. The van der Waals surface area contributed by atoms with Gasteiger partial charge in [-0.15, -0.1) is 0 Å². The number of hydrogen-bond donors (Lipinski definition) is 0. The number of unbranched alkanes of at least 4 members (excludes halogenated alkanes) is 2. The molecule has 1 aliphatic heterocycles. The normalized spacial score (nSPS) is 17.0. The van der Waals surface area contributed by atoms with Crippen LogP contribution in [0.4, 0.5) is 35.1 Å². The van der Waals surface area contributed by atoms with Gasteiger partial charge in [-0.3, -0.25) is 0 Å². The summed E-state index contributed by atoms with van der Waals surface area (Å²) in [5.74, 6) is -9.46. The van der Waals surface area contributed by atoms with Crippen molar-refractivity contribution in [1.82, 2.24) is 0 Å². The molecule has 1 saturated heterocycles. The Morgan fingerprint density at radius 3 is 1.91 bits per heavy atom. The van der Waals surface area contributed by atoms with Crippen molar-refractivity contribution in [3.05, 3.63) is 119 Å². The molecule has 1 fully saturated rings. The molecule has 248 valence electrons. The molecule has 0 amide bonds. The van der Waals surface area contributed by atoms with Crippen LogP contribution in [0.3, 0.4) is 0 Å². The van der Waals surface area contributed by atoms with Crippen LogP contribution in [-0.2, 0) is 9.47 Å². The van der Waals surface area contributed by atoms with Gasteiger partial charge in [0.25, 0.3) is 0 Å². The van der Waals surface area contributed by atoms with Crippen LogP contribution in [0.1, 0.15) is 50.0 Å². The van der Waals surface area contributed by atoms with Crippen LogP contribution >= 0.6 is 0 Å². The van der Waals surface area contributed by atoms with Crippen LogP contribution in [0.15, 0.2) is 72.8 Å². The van der Waals surface area contributed by atoms with Gasteiger partial charge >= 0.3 is 6.11 Å². The van der Waals surface area contributed by atoms with Crippen molar-refractivity contribution >= 4 is 6.08 Å². The lowest BCUT2D eigenvalue weighted by Gasteiger charge is -2.29. The zero-order valence-electron chi connectivity index (χ0n) is 25.2. The van der Waals surface area contributed by atoms with Crippen LogP contribution in [0.25, 0.3) is 28.3 Å². The molecule has 0 bridgehead atoms. The first-order valence-electron chi connectivity index (χ1n) is 15.0. The van der Waals surface area contributed by atoms with E-state index in [0.717, 1.165) is 37.0 Å². The van der Waals surface area contributed by atoms with Crippen molar-refractivity contribution in [2.75, 3.05) is 13.2 Å². The largest absolute Gasteiger partial charge is 0.429 e. The maximum absolute atomic E-state index is 15.2. The molecule has 47 heavy (non-hydrogen) atoms. The summed E-state index contributed by atoms with van der Waals surface area (Å²) >= 11 is 0. The van der Waals surface area contributed by atoms with Crippen LogP contribution in [-0.4, -0.2) is 19.3 Å². The molecule has 3 nitrogen and oxygen atoms in total. The average Bonchev–Trinajstić information content (AvgIpc) is 3.03. The Hall–Kier alpha value is -4.22. The summed E-state index contributed by atoms with van der Waals surface area (Å²) < 4.78 is 129. The molecule has 5 rings (SSSR count). The van der Waals surface area contributed by atoms with Crippen molar-refractivity contribution in [2.24, 2.45) is 5.92 Å². The summed E-state index contributed by atoms with van der Waals surface area (Å²) in [4.78, 5) is 0. The lowest BCUT2D eigenvalue weighted by atomic mass is 9.97. The van der Waals surface area contributed by atoms with E-state index >= 15 is 4.39 Å². The van der Waals surface area contributed by atoms with Gasteiger partial charge in [-0.2, -0.15) is 8.78 Å². The highest BCUT2D eigenvalue weighted by Gasteiger charge is 2.29. The number of benzene rings is 4. The van der Waals surface area contributed by atoms with E-state index in [0.29, 0.717) is 36.3 Å². The zero-order valence-corrected chi connectivity index (χ0v) is 25.2. The molecule has 0 atom stereocenters. The Kier molecular flexibility index (Phi) is 10.7. The second-order valence-electron chi connectivity index (χ2n) is 11.2. The molecule has 0 aliphatic carbocycles. The molecule has 0 unspecified atom stereocenters. The Balaban J connectivity index is 1.26. The fourth-order valence-corrected chi connectivity index (χ4v) is 5.21. The first kappa shape index (κ1) is 34.1. The highest BCUT2D eigenvalue weighted by molar-refractivity contribution is 5.72. The quantitative estimate of drug-likeness (QED) is 0.0909. The van der Waals surface area contributed by atoms with E-state index in [4.69, 9.17) is 9.47 Å². The van der Waals surface area contributed by atoms with Gasteiger partial charge in [0.15, 0.2) is 23.7 Å². The van der Waals surface area contributed by atoms with E-state index < -0.39 is 58.6 Å². The average molecular weight is 663 g/mol. The van der Waals surface area contributed by atoms with Gasteiger partial charge in [0.1, 0.15) is 23.2 Å².